The van der Waals surface area contributed by atoms with Crippen LogP contribution < -0.4 is 5.32 Å². The van der Waals surface area contributed by atoms with Gasteiger partial charge in [-0.2, -0.15) is 0 Å². The van der Waals surface area contributed by atoms with Crippen LogP contribution in [0.1, 0.15) is 41.5 Å². The van der Waals surface area contributed by atoms with Gasteiger partial charge >= 0.3 is 5.97 Å². The quantitative estimate of drug-likeness (QED) is 0.692. The van der Waals surface area contributed by atoms with Gasteiger partial charge in [0, 0.05) is 5.54 Å². The summed E-state index contributed by atoms with van der Waals surface area (Å²) in [5.41, 5.74) is -0.952. The molecule has 1 atom stereocenters. The molecular formula is C11H23NO3. The third-order valence-corrected chi connectivity index (χ3v) is 1.76. The van der Waals surface area contributed by atoms with Crippen molar-refractivity contribution in [2.75, 3.05) is 6.61 Å². The van der Waals surface area contributed by atoms with Gasteiger partial charge in [0.15, 0.2) is 0 Å². The summed E-state index contributed by atoms with van der Waals surface area (Å²) in [6, 6.07) is -0.425. The Labute approximate surface area is 92.0 Å². The van der Waals surface area contributed by atoms with Crippen LogP contribution in [0.15, 0.2) is 0 Å². The van der Waals surface area contributed by atoms with Gasteiger partial charge in [0.2, 0.25) is 0 Å². The Kier molecular flexibility index (Phi) is 4.74. The Bertz CT molecular complexity index is 218. The van der Waals surface area contributed by atoms with Crippen LogP contribution in [0.4, 0.5) is 0 Å². The Hall–Kier alpha value is -0.610. The Morgan fingerprint density at radius 1 is 1.33 bits per heavy atom. The van der Waals surface area contributed by atoms with Crippen molar-refractivity contribution in [2.24, 2.45) is 0 Å². The fraction of sp³-hybridized carbons (Fsp3) is 0.909. The number of nitrogens with one attached hydrogen (secondary N) is 1. The number of hydrogen-bond acceptors (Lipinski definition) is 4. The number of carbonyl (C=O) groups excluding carboxylic acids is 1. The summed E-state index contributed by atoms with van der Waals surface area (Å²) in [6.07, 6.45) is 0. The Morgan fingerprint density at radius 3 is 2.13 bits per heavy atom. The summed E-state index contributed by atoms with van der Waals surface area (Å²) < 4.78 is 5.21. The zero-order valence-corrected chi connectivity index (χ0v) is 10.5. The molecule has 90 valence electrons. The molecular weight excluding hydrogens is 194 g/mol. The van der Waals surface area contributed by atoms with E-state index in [0.717, 1.165) is 0 Å². The van der Waals surface area contributed by atoms with E-state index in [0.29, 0.717) is 0 Å². The zero-order chi connectivity index (χ0) is 12.3. The molecule has 0 rings (SSSR count). The highest BCUT2D eigenvalue weighted by molar-refractivity contribution is 5.75. The van der Waals surface area contributed by atoms with Gasteiger partial charge in [-0.3, -0.25) is 10.1 Å². The van der Waals surface area contributed by atoms with Crippen molar-refractivity contribution in [3.8, 4) is 0 Å². The van der Waals surface area contributed by atoms with Crippen molar-refractivity contribution >= 4 is 5.97 Å². The molecule has 0 aliphatic heterocycles. The molecule has 15 heavy (non-hydrogen) atoms. The SMILES string of the molecule is CC(NC(C)(C)CO)C(=O)OC(C)(C)C. The maximum atomic E-state index is 11.6. The Morgan fingerprint density at radius 2 is 1.80 bits per heavy atom. The van der Waals surface area contributed by atoms with Crippen LogP contribution in [-0.4, -0.2) is 34.9 Å². The average molecular weight is 217 g/mol. The van der Waals surface area contributed by atoms with E-state index in [1.165, 1.54) is 0 Å². The molecule has 0 aromatic carbocycles. The van der Waals surface area contributed by atoms with Gasteiger partial charge in [0.25, 0.3) is 0 Å². The summed E-state index contributed by atoms with van der Waals surface area (Å²) >= 11 is 0. The first-order valence-electron chi connectivity index (χ1n) is 5.19. The lowest BCUT2D eigenvalue weighted by Crippen LogP contribution is -2.51. The van der Waals surface area contributed by atoms with Gasteiger partial charge < -0.3 is 9.84 Å². The minimum absolute atomic E-state index is 0.0276. The van der Waals surface area contributed by atoms with E-state index < -0.39 is 17.2 Å². The molecule has 0 saturated heterocycles. The molecule has 0 heterocycles. The fourth-order valence-corrected chi connectivity index (χ4v) is 1.08. The summed E-state index contributed by atoms with van der Waals surface area (Å²) in [5.74, 6) is -0.302. The molecule has 1 unspecified atom stereocenters. The van der Waals surface area contributed by atoms with Crippen molar-refractivity contribution in [1.82, 2.24) is 5.32 Å². The lowest BCUT2D eigenvalue weighted by atomic mass is 10.1. The van der Waals surface area contributed by atoms with E-state index in [4.69, 9.17) is 9.84 Å². The van der Waals surface area contributed by atoms with Crippen LogP contribution in [-0.2, 0) is 9.53 Å². The van der Waals surface area contributed by atoms with E-state index in [1.54, 1.807) is 6.92 Å². The smallest absolute Gasteiger partial charge is 0.323 e. The number of hydrogen-bond donors (Lipinski definition) is 2. The summed E-state index contributed by atoms with van der Waals surface area (Å²) in [5, 5.41) is 12.0. The molecule has 0 aromatic heterocycles. The number of esters is 1. The molecule has 0 aromatic rings. The van der Waals surface area contributed by atoms with Crippen molar-refractivity contribution in [2.45, 2.75) is 58.7 Å². The van der Waals surface area contributed by atoms with Gasteiger partial charge in [0.1, 0.15) is 11.6 Å². The van der Waals surface area contributed by atoms with E-state index in [9.17, 15) is 4.79 Å². The van der Waals surface area contributed by atoms with E-state index in [1.807, 2.05) is 34.6 Å². The predicted octanol–water partition coefficient (Wildman–Crippen LogP) is 1.08. The zero-order valence-electron chi connectivity index (χ0n) is 10.5. The molecule has 0 aliphatic rings. The van der Waals surface area contributed by atoms with Crippen molar-refractivity contribution in [3.05, 3.63) is 0 Å². The molecule has 0 spiro atoms. The molecule has 0 aliphatic carbocycles. The van der Waals surface area contributed by atoms with Crippen molar-refractivity contribution in [1.29, 1.82) is 0 Å². The molecule has 0 saturated carbocycles. The lowest BCUT2D eigenvalue weighted by Gasteiger charge is -2.29. The van der Waals surface area contributed by atoms with E-state index in [-0.39, 0.29) is 12.6 Å². The maximum absolute atomic E-state index is 11.6. The highest BCUT2D eigenvalue weighted by atomic mass is 16.6. The third-order valence-electron chi connectivity index (χ3n) is 1.76. The average Bonchev–Trinajstić information content (AvgIpc) is 2.00. The molecule has 4 heteroatoms. The monoisotopic (exact) mass is 217 g/mol. The molecule has 0 fully saturated rings. The number of aliphatic hydroxyl groups excluding tert-OH is 1. The van der Waals surface area contributed by atoms with Crippen LogP contribution in [0, 0.1) is 0 Å². The van der Waals surface area contributed by atoms with Gasteiger partial charge in [-0.25, -0.2) is 0 Å². The molecule has 0 radical (unpaired) electrons. The maximum Gasteiger partial charge on any atom is 0.323 e. The van der Waals surface area contributed by atoms with Crippen LogP contribution in [0.25, 0.3) is 0 Å². The topological polar surface area (TPSA) is 58.6 Å². The first-order valence-corrected chi connectivity index (χ1v) is 5.19. The third kappa shape index (κ3) is 6.47. The molecule has 0 bridgehead atoms. The second kappa shape index (κ2) is 4.94. The molecule has 4 nitrogen and oxygen atoms in total. The second-order valence-corrected chi connectivity index (χ2v) is 5.44. The number of rotatable bonds is 4. The van der Waals surface area contributed by atoms with Crippen LogP contribution in [0.3, 0.4) is 0 Å². The fourth-order valence-electron chi connectivity index (χ4n) is 1.08. The largest absolute Gasteiger partial charge is 0.459 e. The van der Waals surface area contributed by atoms with Gasteiger partial charge in [-0.05, 0) is 41.5 Å². The number of aliphatic hydroxyl groups is 1. The Balaban J connectivity index is 4.23. The normalized spacial score (nSPS) is 14.9. The van der Waals surface area contributed by atoms with Crippen LogP contribution in [0.5, 0.6) is 0 Å². The van der Waals surface area contributed by atoms with E-state index in [2.05, 4.69) is 5.32 Å². The second-order valence-electron chi connectivity index (χ2n) is 5.44. The van der Waals surface area contributed by atoms with Crippen molar-refractivity contribution in [3.63, 3.8) is 0 Å². The number of carbonyl (C=O) groups is 1. The highest BCUT2D eigenvalue weighted by Crippen LogP contribution is 2.10. The molecule has 2 N–H and O–H groups in total. The highest BCUT2D eigenvalue weighted by Gasteiger charge is 2.26. The standard InChI is InChI=1S/C11H23NO3/c1-8(12-11(5,6)7-13)9(14)15-10(2,3)4/h8,12-13H,7H2,1-6H3. The minimum Gasteiger partial charge on any atom is -0.459 e. The molecule has 0 amide bonds. The first-order chi connectivity index (χ1) is 6.57. The summed E-state index contributed by atoms with van der Waals surface area (Å²) in [7, 11) is 0. The van der Waals surface area contributed by atoms with Gasteiger partial charge in [-0.1, -0.05) is 0 Å². The van der Waals surface area contributed by atoms with Crippen LogP contribution in [0.2, 0.25) is 0 Å². The predicted molar refractivity (Wildman–Crippen MR) is 59.6 cm³/mol. The van der Waals surface area contributed by atoms with Crippen LogP contribution >= 0.6 is 0 Å². The van der Waals surface area contributed by atoms with E-state index >= 15 is 0 Å². The minimum atomic E-state index is -0.476. The number of ether oxygens (including phenoxy) is 1. The summed E-state index contributed by atoms with van der Waals surface area (Å²) in [4.78, 5) is 11.6. The van der Waals surface area contributed by atoms with Gasteiger partial charge in [-0.15, -0.1) is 0 Å². The lowest BCUT2D eigenvalue weighted by molar-refractivity contribution is -0.157. The van der Waals surface area contributed by atoms with Gasteiger partial charge in [0.05, 0.1) is 6.61 Å². The summed E-state index contributed by atoms with van der Waals surface area (Å²) in [6.45, 7) is 10.8. The van der Waals surface area contributed by atoms with Crippen molar-refractivity contribution < 1.29 is 14.6 Å². The first kappa shape index (κ1) is 14.4.